The molecule has 0 radical (unpaired) electrons. The van der Waals surface area contributed by atoms with Gasteiger partial charge in [0.05, 0.1) is 17.8 Å². The lowest BCUT2D eigenvalue weighted by Crippen LogP contribution is -2.29. The molecule has 3 nitrogen and oxygen atoms in total. The van der Waals surface area contributed by atoms with Crippen molar-refractivity contribution in [3.05, 3.63) is 51.5 Å². The SMILES string of the molecule is COc1ccc(Br)cc1CNc1ccc(N2CCCCC2)c(Cl)c1. The number of hydrogen-bond acceptors (Lipinski definition) is 3. The van der Waals surface area contributed by atoms with Crippen molar-refractivity contribution in [1.82, 2.24) is 0 Å². The summed E-state index contributed by atoms with van der Waals surface area (Å²) in [5.74, 6) is 0.877. The molecular formula is C19H22BrClN2O. The molecule has 0 spiro atoms. The molecule has 2 aromatic carbocycles. The van der Waals surface area contributed by atoms with Crippen LogP contribution in [0.3, 0.4) is 0 Å². The molecule has 0 unspecified atom stereocenters. The first-order valence-electron chi connectivity index (χ1n) is 8.28. The molecule has 1 heterocycles. The van der Waals surface area contributed by atoms with Crippen molar-refractivity contribution >= 4 is 38.9 Å². The van der Waals surface area contributed by atoms with Gasteiger partial charge in [-0.3, -0.25) is 0 Å². The second kappa shape index (κ2) is 8.13. The van der Waals surface area contributed by atoms with E-state index in [2.05, 4.69) is 44.3 Å². The van der Waals surface area contributed by atoms with Gasteiger partial charge < -0.3 is 15.0 Å². The summed E-state index contributed by atoms with van der Waals surface area (Å²) in [5, 5.41) is 4.24. The Morgan fingerprint density at radius 2 is 1.92 bits per heavy atom. The van der Waals surface area contributed by atoms with Crippen LogP contribution in [-0.2, 0) is 6.54 Å². The summed E-state index contributed by atoms with van der Waals surface area (Å²) in [5.41, 5.74) is 3.26. The smallest absolute Gasteiger partial charge is 0.123 e. The maximum atomic E-state index is 6.51. The van der Waals surface area contributed by atoms with E-state index in [9.17, 15) is 0 Å². The molecule has 1 N–H and O–H groups in total. The molecule has 0 aromatic heterocycles. The number of methoxy groups -OCH3 is 1. The van der Waals surface area contributed by atoms with E-state index in [1.807, 2.05) is 18.2 Å². The fraction of sp³-hybridized carbons (Fsp3) is 0.368. The summed E-state index contributed by atoms with van der Waals surface area (Å²) in [6.07, 6.45) is 3.82. The normalized spacial score (nSPS) is 14.5. The number of nitrogens with zero attached hydrogens (tertiary/aromatic N) is 1. The Morgan fingerprint density at radius 3 is 2.62 bits per heavy atom. The molecule has 0 aliphatic carbocycles. The van der Waals surface area contributed by atoms with Crippen molar-refractivity contribution in [3.63, 3.8) is 0 Å². The van der Waals surface area contributed by atoms with E-state index in [4.69, 9.17) is 16.3 Å². The number of halogens is 2. The number of anilines is 2. The Morgan fingerprint density at radius 1 is 1.12 bits per heavy atom. The maximum Gasteiger partial charge on any atom is 0.123 e. The maximum absolute atomic E-state index is 6.51. The molecule has 128 valence electrons. The van der Waals surface area contributed by atoms with E-state index in [0.29, 0.717) is 6.54 Å². The molecule has 0 saturated carbocycles. The highest BCUT2D eigenvalue weighted by Crippen LogP contribution is 2.31. The minimum Gasteiger partial charge on any atom is -0.496 e. The summed E-state index contributed by atoms with van der Waals surface area (Å²) in [6, 6.07) is 12.2. The lowest BCUT2D eigenvalue weighted by molar-refractivity contribution is 0.410. The van der Waals surface area contributed by atoms with Crippen LogP contribution in [0, 0.1) is 0 Å². The molecule has 3 rings (SSSR count). The molecule has 1 saturated heterocycles. The summed E-state index contributed by atoms with van der Waals surface area (Å²) in [4.78, 5) is 2.38. The van der Waals surface area contributed by atoms with Gasteiger partial charge >= 0.3 is 0 Å². The number of nitrogens with one attached hydrogen (secondary N) is 1. The average Bonchev–Trinajstić information content (AvgIpc) is 2.61. The van der Waals surface area contributed by atoms with Crippen molar-refractivity contribution in [2.24, 2.45) is 0 Å². The van der Waals surface area contributed by atoms with E-state index >= 15 is 0 Å². The molecule has 0 atom stereocenters. The Hall–Kier alpha value is -1.39. The average molecular weight is 410 g/mol. The van der Waals surface area contributed by atoms with Crippen LogP contribution in [0.2, 0.25) is 5.02 Å². The van der Waals surface area contributed by atoms with E-state index in [0.717, 1.165) is 45.3 Å². The van der Waals surface area contributed by atoms with Crippen LogP contribution >= 0.6 is 27.5 Å². The van der Waals surface area contributed by atoms with Gasteiger partial charge in [-0.05, 0) is 55.7 Å². The van der Waals surface area contributed by atoms with Gasteiger partial charge in [0.2, 0.25) is 0 Å². The number of hydrogen-bond donors (Lipinski definition) is 1. The Labute approximate surface area is 157 Å². The number of ether oxygens (including phenoxy) is 1. The third-order valence-electron chi connectivity index (χ3n) is 4.37. The van der Waals surface area contributed by atoms with Gasteiger partial charge in [0.15, 0.2) is 0 Å². The van der Waals surface area contributed by atoms with Gasteiger partial charge in [-0.1, -0.05) is 27.5 Å². The molecule has 1 aliphatic heterocycles. The third kappa shape index (κ3) is 4.17. The summed E-state index contributed by atoms with van der Waals surface area (Å²) in [7, 11) is 1.69. The van der Waals surface area contributed by atoms with Gasteiger partial charge in [-0.25, -0.2) is 0 Å². The van der Waals surface area contributed by atoms with Crippen LogP contribution in [-0.4, -0.2) is 20.2 Å². The lowest BCUT2D eigenvalue weighted by atomic mass is 10.1. The fourth-order valence-corrected chi connectivity index (χ4v) is 3.80. The van der Waals surface area contributed by atoms with Crippen LogP contribution in [0.5, 0.6) is 5.75 Å². The van der Waals surface area contributed by atoms with E-state index in [1.165, 1.54) is 19.3 Å². The monoisotopic (exact) mass is 408 g/mol. The standard InChI is InChI=1S/C19H22BrClN2O/c1-24-19-8-5-15(20)11-14(19)13-22-16-6-7-18(17(21)12-16)23-9-3-2-4-10-23/h5-8,11-12,22H,2-4,9-10,13H2,1H3. The van der Waals surface area contributed by atoms with Crippen molar-refractivity contribution in [1.29, 1.82) is 0 Å². The highest BCUT2D eigenvalue weighted by molar-refractivity contribution is 9.10. The Bertz CT molecular complexity index is 702. The van der Waals surface area contributed by atoms with Gasteiger partial charge in [0.1, 0.15) is 5.75 Å². The Kier molecular flexibility index (Phi) is 5.90. The Balaban J connectivity index is 1.70. The second-order valence-electron chi connectivity index (χ2n) is 6.02. The van der Waals surface area contributed by atoms with Crippen molar-refractivity contribution in [2.45, 2.75) is 25.8 Å². The van der Waals surface area contributed by atoms with Crippen LogP contribution in [0.15, 0.2) is 40.9 Å². The zero-order chi connectivity index (χ0) is 16.9. The quantitative estimate of drug-likeness (QED) is 0.684. The van der Waals surface area contributed by atoms with Crippen LogP contribution in [0.1, 0.15) is 24.8 Å². The van der Waals surface area contributed by atoms with Crippen molar-refractivity contribution in [2.75, 3.05) is 30.4 Å². The summed E-state index contributed by atoms with van der Waals surface area (Å²) < 4.78 is 6.46. The molecule has 5 heteroatoms. The van der Waals surface area contributed by atoms with Crippen molar-refractivity contribution < 1.29 is 4.74 Å². The van der Waals surface area contributed by atoms with Gasteiger partial charge in [-0.15, -0.1) is 0 Å². The van der Waals surface area contributed by atoms with Crippen LogP contribution < -0.4 is 15.0 Å². The number of rotatable bonds is 5. The van der Waals surface area contributed by atoms with E-state index < -0.39 is 0 Å². The van der Waals surface area contributed by atoms with Gasteiger partial charge in [0, 0.05) is 35.4 Å². The molecule has 2 aromatic rings. The minimum absolute atomic E-state index is 0.683. The number of benzene rings is 2. The lowest BCUT2D eigenvalue weighted by Gasteiger charge is -2.29. The highest BCUT2D eigenvalue weighted by Gasteiger charge is 2.14. The number of piperidine rings is 1. The third-order valence-corrected chi connectivity index (χ3v) is 5.17. The predicted octanol–water partition coefficient (Wildman–Crippen LogP) is 5.71. The minimum atomic E-state index is 0.683. The topological polar surface area (TPSA) is 24.5 Å². The molecule has 0 amide bonds. The van der Waals surface area contributed by atoms with Gasteiger partial charge in [-0.2, -0.15) is 0 Å². The largest absolute Gasteiger partial charge is 0.496 e. The first-order chi connectivity index (χ1) is 11.7. The molecule has 24 heavy (non-hydrogen) atoms. The second-order valence-corrected chi connectivity index (χ2v) is 7.35. The van der Waals surface area contributed by atoms with Crippen LogP contribution in [0.25, 0.3) is 0 Å². The fourth-order valence-electron chi connectivity index (χ4n) is 3.09. The summed E-state index contributed by atoms with van der Waals surface area (Å²) >= 11 is 10.0. The zero-order valence-electron chi connectivity index (χ0n) is 13.8. The first kappa shape index (κ1) is 17.4. The van der Waals surface area contributed by atoms with E-state index in [-0.39, 0.29) is 0 Å². The molecule has 0 bridgehead atoms. The molecule has 1 aliphatic rings. The predicted molar refractivity (Wildman–Crippen MR) is 106 cm³/mol. The first-order valence-corrected chi connectivity index (χ1v) is 9.45. The molecular weight excluding hydrogens is 388 g/mol. The highest BCUT2D eigenvalue weighted by atomic mass is 79.9. The van der Waals surface area contributed by atoms with Gasteiger partial charge in [0.25, 0.3) is 0 Å². The summed E-state index contributed by atoms with van der Waals surface area (Å²) in [6.45, 7) is 2.88. The molecule has 1 fully saturated rings. The van der Waals surface area contributed by atoms with Crippen molar-refractivity contribution in [3.8, 4) is 5.75 Å². The zero-order valence-corrected chi connectivity index (χ0v) is 16.2. The van der Waals surface area contributed by atoms with E-state index in [1.54, 1.807) is 7.11 Å². The van der Waals surface area contributed by atoms with Crippen LogP contribution in [0.4, 0.5) is 11.4 Å².